The Morgan fingerprint density at radius 2 is 1.89 bits per heavy atom. The lowest BCUT2D eigenvalue weighted by atomic mass is 10.2. The molecule has 0 unspecified atom stereocenters. The first kappa shape index (κ1) is 12.7. The van der Waals surface area contributed by atoms with E-state index in [4.69, 9.17) is 5.73 Å². The molecule has 0 atom stereocenters. The predicted octanol–water partition coefficient (Wildman–Crippen LogP) is 2.82. The van der Waals surface area contributed by atoms with Crippen LogP contribution in [0.4, 0.5) is 20.6 Å². The van der Waals surface area contributed by atoms with Gasteiger partial charge in [0.2, 0.25) is 0 Å². The van der Waals surface area contributed by atoms with Crippen LogP contribution in [0.3, 0.4) is 0 Å². The van der Waals surface area contributed by atoms with E-state index in [9.17, 15) is 9.18 Å². The Bertz CT molecular complexity index is 428. The average Bonchev–Trinajstić information content (AvgIpc) is 2.62. The Kier molecular flexibility index (Phi) is 4.02. The molecule has 18 heavy (non-hydrogen) atoms. The second-order valence-electron chi connectivity index (χ2n) is 4.57. The number of hydrogen-bond donors (Lipinski definition) is 2. The van der Waals surface area contributed by atoms with Crippen molar-refractivity contribution >= 4 is 17.4 Å². The molecule has 0 bridgehead atoms. The molecule has 0 aromatic heterocycles. The van der Waals surface area contributed by atoms with Crippen LogP contribution in [-0.4, -0.2) is 24.0 Å². The molecular weight excluding hydrogens is 233 g/mol. The topological polar surface area (TPSA) is 58.4 Å². The second kappa shape index (κ2) is 5.71. The van der Waals surface area contributed by atoms with E-state index in [1.165, 1.54) is 31.0 Å². The first-order valence-corrected chi connectivity index (χ1v) is 6.28. The minimum atomic E-state index is -0.470. The van der Waals surface area contributed by atoms with Gasteiger partial charge in [-0.2, -0.15) is 0 Å². The molecule has 0 radical (unpaired) electrons. The van der Waals surface area contributed by atoms with Crippen molar-refractivity contribution in [2.75, 3.05) is 24.1 Å². The number of anilines is 2. The number of nitrogens with two attached hydrogens (primary N) is 1. The summed E-state index contributed by atoms with van der Waals surface area (Å²) in [6, 6.07) is 4.07. The molecule has 0 saturated carbocycles. The summed E-state index contributed by atoms with van der Waals surface area (Å²) in [4.78, 5) is 13.8. The predicted molar refractivity (Wildman–Crippen MR) is 69.9 cm³/mol. The normalized spacial score (nSPS) is 16.2. The maximum atomic E-state index is 13.0. The zero-order valence-corrected chi connectivity index (χ0v) is 10.3. The highest BCUT2D eigenvalue weighted by atomic mass is 19.1. The highest BCUT2D eigenvalue weighted by molar-refractivity contribution is 5.89. The van der Waals surface area contributed by atoms with Gasteiger partial charge in [0.25, 0.3) is 0 Å². The van der Waals surface area contributed by atoms with Gasteiger partial charge in [0.1, 0.15) is 5.82 Å². The summed E-state index contributed by atoms with van der Waals surface area (Å²) >= 11 is 0. The summed E-state index contributed by atoms with van der Waals surface area (Å²) in [5.74, 6) is -0.470. The third kappa shape index (κ3) is 3.12. The largest absolute Gasteiger partial charge is 0.396 e. The van der Waals surface area contributed by atoms with Gasteiger partial charge >= 0.3 is 6.03 Å². The molecule has 5 heteroatoms. The second-order valence-corrected chi connectivity index (χ2v) is 4.57. The van der Waals surface area contributed by atoms with Crippen LogP contribution in [0.1, 0.15) is 25.7 Å². The zero-order valence-electron chi connectivity index (χ0n) is 10.3. The van der Waals surface area contributed by atoms with E-state index in [-0.39, 0.29) is 11.7 Å². The van der Waals surface area contributed by atoms with E-state index in [0.717, 1.165) is 25.9 Å². The van der Waals surface area contributed by atoms with Crippen molar-refractivity contribution in [3.05, 3.63) is 24.0 Å². The van der Waals surface area contributed by atoms with Gasteiger partial charge in [-0.3, -0.25) is 0 Å². The molecule has 3 N–H and O–H groups in total. The maximum absolute atomic E-state index is 13.0. The molecule has 1 aliphatic rings. The third-order valence-corrected chi connectivity index (χ3v) is 3.14. The summed E-state index contributed by atoms with van der Waals surface area (Å²) in [5.41, 5.74) is 6.04. The number of hydrogen-bond acceptors (Lipinski definition) is 2. The van der Waals surface area contributed by atoms with Crippen LogP contribution in [0, 0.1) is 5.82 Å². The van der Waals surface area contributed by atoms with Crippen LogP contribution < -0.4 is 11.1 Å². The number of nitrogen functional groups attached to an aromatic ring is 1. The van der Waals surface area contributed by atoms with E-state index in [0.29, 0.717) is 5.69 Å². The van der Waals surface area contributed by atoms with Crippen molar-refractivity contribution in [3.63, 3.8) is 0 Å². The van der Waals surface area contributed by atoms with Crippen molar-refractivity contribution in [2.24, 2.45) is 0 Å². The SMILES string of the molecule is Nc1cc(NC(=O)N2CCCCCC2)ccc1F. The fraction of sp³-hybridized carbons (Fsp3) is 0.462. The van der Waals surface area contributed by atoms with Crippen LogP contribution in [0.5, 0.6) is 0 Å². The Hall–Kier alpha value is -1.78. The van der Waals surface area contributed by atoms with E-state index < -0.39 is 5.82 Å². The van der Waals surface area contributed by atoms with Crippen molar-refractivity contribution in [2.45, 2.75) is 25.7 Å². The number of halogens is 1. The summed E-state index contributed by atoms with van der Waals surface area (Å²) in [6.07, 6.45) is 4.43. The van der Waals surface area contributed by atoms with Gasteiger partial charge in [-0.15, -0.1) is 0 Å². The van der Waals surface area contributed by atoms with E-state index in [1.54, 1.807) is 4.90 Å². The molecule has 1 aromatic rings. The van der Waals surface area contributed by atoms with Crippen LogP contribution >= 0.6 is 0 Å². The lowest BCUT2D eigenvalue weighted by molar-refractivity contribution is 0.214. The monoisotopic (exact) mass is 251 g/mol. The Labute approximate surface area is 106 Å². The van der Waals surface area contributed by atoms with E-state index in [2.05, 4.69) is 5.32 Å². The molecule has 4 nitrogen and oxygen atoms in total. The number of nitrogens with zero attached hydrogens (tertiary/aromatic N) is 1. The highest BCUT2D eigenvalue weighted by Gasteiger charge is 2.15. The number of likely N-dealkylation sites (tertiary alicyclic amines) is 1. The highest BCUT2D eigenvalue weighted by Crippen LogP contribution is 2.17. The molecule has 0 aliphatic carbocycles. The Morgan fingerprint density at radius 3 is 2.50 bits per heavy atom. The van der Waals surface area contributed by atoms with Crippen molar-refractivity contribution in [1.29, 1.82) is 0 Å². The van der Waals surface area contributed by atoms with Crippen molar-refractivity contribution < 1.29 is 9.18 Å². The summed E-state index contributed by atoms with van der Waals surface area (Å²) in [6.45, 7) is 1.56. The molecule has 1 heterocycles. The Morgan fingerprint density at radius 1 is 1.22 bits per heavy atom. The molecule has 98 valence electrons. The van der Waals surface area contributed by atoms with E-state index >= 15 is 0 Å². The fourth-order valence-corrected chi connectivity index (χ4v) is 2.10. The molecule has 2 rings (SSSR count). The Balaban J connectivity index is 1.99. The number of rotatable bonds is 1. The van der Waals surface area contributed by atoms with Gasteiger partial charge in [0.15, 0.2) is 0 Å². The molecular formula is C13H18FN3O. The van der Waals surface area contributed by atoms with E-state index in [1.807, 2.05) is 0 Å². The zero-order chi connectivity index (χ0) is 13.0. The lowest BCUT2D eigenvalue weighted by Crippen LogP contribution is -2.35. The maximum Gasteiger partial charge on any atom is 0.321 e. The van der Waals surface area contributed by atoms with Crippen LogP contribution in [0.25, 0.3) is 0 Å². The van der Waals surface area contributed by atoms with Crippen LogP contribution in [0.2, 0.25) is 0 Å². The number of carbonyl (C=O) groups is 1. The van der Waals surface area contributed by atoms with Crippen molar-refractivity contribution in [1.82, 2.24) is 4.90 Å². The molecule has 1 aromatic carbocycles. The number of benzene rings is 1. The first-order chi connectivity index (χ1) is 8.66. The molecule has 1 saturated heterocycles. The smallest absolute Gasteiger partial charge is 0.321 e. The fourth-order valence-electron chi connectivity index (χ4n) is 2.10. The minimum absolute atomic E-state index is 0.0451. The van der Waals surface area contributed by atoms with Crippen LogP contribution in [-0.2, 0) is 0 Å². The molecule has 1 fully saturated rings. The molecule has 1 aliphatic heterocycles. The van der Waals surface area contributed by atoms with Crippen LogP contribution in [0.15, 0.2) is 18.2 Å². The number of amides is 2. The minimum Gasteiger partial charge on any atom is -0.396 e. The van der Waals surface area contributed by atoms with Gasteiger partial charge in [0.05, 0.1) is 5.69 Å². The number of carbonyl (C=O) groups excluding carboxylic acids is 1. The molecule has 0 spiro atoms. The first-order valence-electron chi connectivity index (χ1n) is 6.28. The van der Waals surface area contributed by atoms with Gasteiger partial charge in [-0.1, -0.05) is 12.8 Å². The summed E-state index contributed by atoms with van der Waals surface area (Å²) < 4.78 is 13.0. The lowest BCUT2D eigenvalue weighted by Gasteiger charge is -2.20. The molecule has 2 amide bonds. The van der Waals surface area contributed by atoms with Crippen molar-refractivity contribution in [3.8, 4) is 0 Å². The number of nitrogens with one attached hydrogen (secondary N) is 1. The standard InChI is InChI=1S/C13H18FN3O/c14-11-6-5-10(9-12(11)15)16-13(18)17-7-3-1-2-4-8-17/h5-6,9H,1-4,7-8,15H2,(H,16,18). The average molecular weight is 251 g/mol. The quantitative estimate of drug-likeness (QED) is 0.754. The van der Waals surface area contributed by atoms with Gasteiger partial charge in [-0.05, 0) is 31.0 Å². The number of urea groups is 1. The van der Waals surface area contributed by atoms with Gasteiger partial charge < -0.3 is 16.0 Å². The van der Waals surface area contributed by atoms with Gasteiger partial charge in [-0.25, -0.2) is 9.18 Å². The summed E-state index contributed by atoms with van der Waals surface area (Å²) in [5, 5.41) is 2.75. The third-order valence-electron chi connectivity index (χ3n) is 3.14. The van der Waals surface area contributed by atoms with Gasteiger partial charge in [0, 0.05) is 18.8 Å². The summed E-state index contributed by atoms with van der Waals surface area (Å²) in [7, 11) is 0.